The third-order valence-electron chi connectivity index (χ3n) is 3.77. The van der Waals surface area contributed by atoms with Gasteiger partial charge in [0, 0.05) is 12.1 Å². The minimum atomic E-state index is 0.229. The molecule has 19 heavy (non-hydrogen) atoms. The van der Waals surface area contributed by atoms with Gasteiger partial charge in [-0.15, -0.1) is 0 Å². The molecular weight excluding hydrogens is 234 g/mol. The Morgan fingerprint density at radius 2 is 1.79 bits per heavy atom. The first-order chi connectivity index (χ1) is 9.10. The lowest BCUT2D eigenvalue weighted by Crippen LogP contribution is -2.33. The highest BCUT2D eigenvalue weighted by molar-refractivity contribution is 5.97. The number of likely N-dealkylation sites (N-methyl/N-ethyl adjacent to an activating group) is 1. The first kappa shape index (κ1) is 15.9. The molecule has 0 saturated heterocycles. The Morgan fingerprint density at radius 1 is 1.16 bits per heavy atom. The van der Waals surface area contributed by atoms with Crippen molar-refractivity contribution >= 4 is 5.78 Å². The third kappa shape index (κ3) is 5.15. The highest BCUT2D eigenvalue weighted by Gasteiger charge is 2.13. The number of carbonyl (C=O) groups is 1. The average Bonchev–Trinajstić information content (AvgIpc) is 2.46. The molecule has 106 valence electrons. The van der Waals surface area contributed by atoms with E-state index in [2.05, 4.69) is 44.7 Å². The molecule has 0 aliphatic heterocycles. The van der Waals surface area contributed by atoms with Gasteiger partial charge in [-0.1, -0.05) is 58.4 Å². The van der Waals surface area contributed by atoms with E-state index in [-0.39, 0.29) is 5.78 Å². The molecule has 0 aliphatic carbocycles. The quantitative estimate of drug-likeness (QED) is 0.663. The van der Waals surface area contributed by atoms with Crippen molar-refractivity contribution in [3.05, 3.63) is 35.4 Å². The topological polar surface area (TPSA) is 20.3 Å². The number of nitrogens with zero attached hydrogens (tertiary/aromatic N) is 1. The van der Waals surface area contributed by atoms with E-state index in [1.807, 2.05) is 12.1 Å². The maximum atomic E-state index is 12.2. The van der Waals surface area contributed by atoms with E-state index in [1.165, 1.54) is 5.56 Å². The van der Waals surface area contributed by atoms with Gasteiger partial charge in [0.15, 0.2) is 5.78 Å². The molecule has 0 spiro atoms. The second-order valence-electron chi connectivity index (χ2n) is 5.31. The largest absolute Gasteiger partial charge is 0.296 e. The summed E-state index contributed by atoms with van der Waals surface area (Å²) >= 11 is 0. The zero-order chi connectivity index (χ0) is 14.3. The number of carbonyl (C=O) groups excluding carboxylic acids is 1. The predicted octanol–water partition coefficient (Wildman–Crippen LogP) is 3.80. The number of benzene rings is 1. The number of hydrogen-bond acceptors (Lipinski definition) is 2. The Kier molecular flexibility index (Phi) is 6.79. The predicted molar refractivity (Wildman–Crippen MR) is 81.7 cm³/mol. The van der Waals surface area contributed by atoms with Gasteiger partial charge in [-0.2, -0.15) is 0 Å². The second-order valence-corrected chi connectivity index (χ2v) is 5.31. The van der Waals surface area contributed by atoms with Crippen LogP contribution in [0.4, 0.5) is 0 Å². The summed E-state index contributed by atoms with van der Waals surface area (Å²) in [5.41, 5.74) is 2.11. The summed E-state index contributed by atoms with van der Waals surface area (Å²) in [6.07, 6.45) is 2.18. The number of hydrogen-bond donors (Lipinski definition) is 0. The number of ketones is 1. The minimum absolute atomic E-state index is 0.229. The molecule has 0 N–H and O–H groups in total. The molecule has 0 amide bonds. The molecule has 1 aromatic carbocycles. The summed E-state index contributed by atoms with van der Waals surface area (Å²) in [6, 6.07) is 8.02. The average molecular weight is 261 g/mol. The molecule has 1 atom stereocenters. The number of Topliss-reactive ketones (excluding diaryl/α,β-unsaturated/α-hetero) is 1. The Labute approximate surface area is 117 Å². The van der Waals surface area contributed by atoms with Crippen molar-refractivity contribution in [2.24, 2.45) is 5.92 Å². The first-order valence-electron chi connectivity index (χ1n) is 7.45. The van der Waals surface area contributed by atoms with Crippen molar-refractivity contribution in [1.29, 1.82) is 0 Å². The van der Waals surface area contributed by atoms with Crippen LogP contribution in [0.15, 0.2) is 24.3 Å². The highest BCUT2D eigenvalue weighted by Crippen LogP contribution is 2.09. The van der Waals surface area contributed by atoms with Gasteiger partial charge >= 0.3 is 0 Å². The molecule has 1 aromatic rings. The second kappa shape index (κ2) is 8.11. The molecule has 1 unspecified atom stereocenters. The molecule has 0 bridgehead atoms. The summed E-state index contributed by atoms with van der Waals surface area (Å²) in [4.78, 5) is 14.5. The molecule has 0 aliphatic rings. The lowest BCUT2D eigenvalue weighted by molar-refractivity contribution is 0.0924. The molecule has 0 fully saturated rings. The van der Waals surface area contributed by atoms with Crippen molar-refractivity contribution in [1.82, 2.24) is 4.90 Å². The van der Waals surface area contributed by atoms with Gasteiger partial charge in [-0.3, -0.25) is 9.69 Å². The molecule has 0 heterocycles. The van der Waals surface area contributed by atoms with Crippen molar-refractivity contribution in [2.75, 3.05) is 19.6 Å². The van der Waals surface area contributed by atoms with E-state index in [0.29, 0.717) is 12.5 Å². The summed E-state index contributed by atoms with van der Waals surface area (Å²) in [6.45, 7) is 11.2. The molecule has 2 heteroatoms. The maximum absolute atomic E-state index is 12.2. The van der Waals surface area contributed by atoms with E-state index in [1.54, 1.807) is 0 Å². The Hall–Kier alpha value is -1.15. The first-order valence-corrected chi connectivity index (χ1v) is 7.45. The molecular formula is C17H27NO. The lowest BCUT2D eigenvalue weighted by Gasteiger charge is -2.22. The van der Waals surface area contributed by atoms with Gasteiger partial charge in [0.1, 0.15) is 0 Å². The lowest BCUT2D eigenvalue weighted by atomic mass is 10.1. The zero-order valence-corrected chi connectivity index (χ0v) is 12.8. The Balaban J connectivity index is 2.60. The van der Waals surface area contributed by atoms with E-state index < -0.39 is 0 Å². The van der Waals surface area contributed by atoms with Crippen molar-refractivity contribution < 1.29 is 4.79 Å². The van der Waals surface area contributed by atoms with Crippen LogP contribution in [0, 0.1) is 5.92 Å². The van der Waals surface area contributed by atoms with Gasteiger partial charge in [0.2, 0.25) is 0 Å². The van der Waals surface area contributed by atoms with E-state index in [0.717, 1.165) is 31.5 Å². The van der Waals surface area contributed by atoms with Crippen LogP contribution >= 0.6 is 0 Å². The van der Waals surface area contributed by atoms with Crippen molar-refractivity contribution in [3.63, 3.8) is 0 Å². The van der Waals surface area contributed by atoms with Gasteiger partial charge in [-0.25, -0.2) is 0 Å². The van der Waals surface area contributed by atoms with Crippen LogP contribution in [0.3, 0.4) is 0 Å². The van der Waals surface area contributed by atoms with Crippen LogP contribution in [-0.4, -0.2) is 30.3 Å². The van der Waals surface area contributed by atoms with Gasteiger partial charge in [-0.05, 0) is 24.4 Å². The summed E-state index contributed by atoms with van der Waals surface area (Å²) in [5.74, 6) is 0.878. The third-order valence-corrected chi connectivity index (χ3v) is 3.77. The van der Waals surface area contributed by atoms with Crippen molar-refractivity contribution in [3.8, 4) is 0 Å². The van der Waals surface area contributed by atoms with Gasteiger partial charge < -0.3 is 0 Å². The number of rotatable bonds is 8. The Morgan fingerprint density at radius 3 is 2.26 bits per heavy atom. The SMILES string of the molecule is CCc1ccc(C(=O)CN(CC)CC(C)CC)cc1. The van der Waals surface area contributed by atoms with Crippen LogP contribution in [-0.2, 0) is 6.42 Å². The van der Waals surface area contributed by atoms with Crippen LogP contribution in [0.5, 0.6) is 0 Å². The van der Waals surface area contributed by atoms with E-state index in [9.17, 15) is 4.79 Å². The van der Waals surface area contributed by atoms with Crippen LogP contribution in [0.2, 0.25) is 0 Å². The summed E-state index contributed by atoms with van der Waals surface area (Å²) in [5, 5.41) is 0. The fourth-order valence-electron chi connectivity index (χ4n) is 2.10. The number of aryl methyl sites for hydroxylation is 1. The maximum Gasteiger partial charge on any atom is 0.176 e. The zero-order valence-electron chi connectivity index (χ0n) is 12.8. The standard InChI is InChI=1S/C17H27NO/c1-5-14(4)12-18(7-3)13-17(19)16-10-8-15(6-2)9-11-16/h8-11,14H,5-7,12-13H2,1-4H3. The normalized spacial score (nSPS) is 12.7. The molecule has 0 saturated carbocycles. The van der Waals surface area contributed by atoms with E-state index >= 15 is 0 Å². The molecule has 2 nitrogen and oxygen atoms in total. The van der Waals surface area contributed by atoms with Crippen LogP contribution in [0.25, 0.3) is 0 Å². The minimum Gasteiger partial charge on any atom is -0.296 e. The molecule has 0 radical (unpaired) electrons. The summed E-state index contributed by atoms with van der Waals surface area (Å²) < 4.78 is 0. The van der Waals surface area contributed by atoms with Crippen LogP contribution in [0.1, 0.15) is 50.0 Å². The van der Waals surface area contributed by atoms with E-state index in [4.69, 9.17) is 0 Å². The van der Waals surface area contributed by atoms with Gasteiger partial charge in [0.05, 0.1) is 6.54 Å². The smallest absolute Gasteiger partial charge is 0.176 e. The monoisotopic (exact) mass is 261 g/mol. The fourth-order valence-corrected chi connectivity index (χ4v) is 2.10. The molecule has 1 rings (SSSR count). The highest BCUT2D eigenvalue weighted by atomic mass is 16.1. The van der Waals surface area contributed by atoms with Crippen molar-refractivity contribution in [2.45, 2.75) is 40.5 Å². The fraction of sp³-hybridized carbons (Fsp3) is 0.588. The van der Waals surface area contributed by atoms with Gasteiger partial charge in [0.25, 0.3) is 0 Å². The van der Waals surface area contributed by atoms with Crippen LogP contribution < -0.4 is 0 Å². The summed E-state index contributed by atoms with van der Waals surface area (Å²) in [7, 11) is 0. The molecule has 0 aromatic heterocycles. The Bertz CT molecular complexity index is 383.